The molecule has 3 N–H and O–H groups in total. The lowest BCUT2D eigenvalue weighted by Crippen LogP contribution is -2.45. The molecule has 0 bridgehead atoms. The summed E-state index contributed by atoms with van der Waals surface area (Å²) in [5.41, 5.74) is 4.15. The van der Waals surface area contributed by atoms with Gasteiger partial charge in [0.2, 0.25) is 0 Å². The molecule has 1 fully saturated rings. The van der Waals surface area contributed by atoms with Gasteiger partial charge in [-0.25, -0.2) is 8.78 Å². The number of aromatic nitrogens is 1. The smallest absolute Gasteiger partial charge is 0.251 e. The number of hydrogen-bond acceptors (Lipinski definition) is 4. The van der Waals surface area contributed by atoms with Crippen LogP contribution < -0.4 is 10.6 Å². The first kappa shape index (κ1) is 22.9. The summed E-state index contributed by atoms with van der Waals surface area (Å²) in [6.07, 6.45) is 6.21. The minimum atomic E-state index is -0.639. The van der Waals surface area contributed by atoms with E-state index >= 15 is 0 Å². The SMILES string of the molecule is Cc1ccc(C(=O)N[C@H]2CCCC[C@@H]2O)cc1NCc1cncc(-c2cc(F)cc(F)c2)c1. The third-order valence-corrected chi connectivity index (χ3v) is 6.02. The van der Waals surface area contributed by atoms with Crippen molar-refractivity contribution in [3.05, 3.63) is 83.2 Å². The summed E-state index contributed by atoms with van der Waals surface area (Å²) in [6.45, 7) is 2.37. The third-order valence-electron chi connectivity index (χ3n) is 6.02. The number of carbonyl (C=O) groups is 1. The van der Waals surface area contributed by atoms with Crippen LogP contribution in [0.2, 0.25) is 0 Å². The maximum Gasteiger partial charge on any atom is 0.251 e. The first-order chi connectivity index (χ1) is 15.9. The molecule has 5 nitrogen and oxygen atoms in total. The number of rotatable bonds is 6. The van der Waals surface area contributed by atoms with Gasteiger partial charge < -0.3 is 15.7 Å². The average molecular weight is 452 g/mol. The zero-order valence-electron chi connectivity index (χ0n) is 18.4. The minimum Gasteiger partial charge on any atom is -0.391 e. The van der Waals surface area contributed by atoms with Crippen LogP contribution in [0.3, 0.4) is 0 Å². The Morgan fingerprint density at radius 2 is 1.79 bits per heavy atom. The van der Waals surface area contributed by atoms with Gasteiger partial charge >= 0.3 is 0 Å². The number of halogens is 2. The van der Waals surface area contributed by atoms with Crippen LogP contribution in [-0.2, 0) is 6.54 Å². The van der Waals surface area contributed by atoms with Gasteiger partial charge in [0.15, 0.2) is 0 Å². The second-order valence-electron chi connectivity index (χ2n) is 8.56. The van der Waals surface area contributed by atoms with Gasteiger partial charge in [-0.2, -0.15) is 0 Å². The molecule has 0 aliphatic heterocycles. The maximum absolute atomic E-state index is 13.6. The molecular formula is C26H27F2N3O2. The molecule has 0 unspecified atom stereocenters. The number of hydrogen-bond donors (Lipinski definition) is 3. The van der Waals surface area contributed by atoms with E-state index in [9.17, 15) is 18.7 Å². The van der Waals surface area contributed by atoms with E-state index in [2.05, 4.69) is 15.6 Å². The molecule has 1 aliphatic carbocycles. The number of amides is 1. The van der Waals surface area contributed by atoms with Crippen LogP contribution in [0, 0.1) is 18.6 Å². The molecule has 0 spiro atoms. The lowest BCUT2D eigenvalue weighted by atomic mass is 9.92. The van der Waals surface area contributed by atoms with Crippen LogP contribution in [0.15, 0.2) is 54.9 Å². The Morgan fingerprint density at radius 3 is 2.55 bits per heavy atom. The summed E-state index contributed by atoms with van der Waals surface area (Å²) in [5.74, 6) is -1.49. The van der Waals surface area contributed by atoms with Gasteiger partial charge in [-0.1, -0.05) is 18.9 Å². The van der Waals surface area contributed by atoms with Crippen molar-refractivity contribution < 1.29 is 18.7 Å². The van der Waals surface area contributed by atoms with Gasteiger partial charge in [-0.3, -0.25) is 9.78 Å². The van der Waals surface area contributed by atoms with Crippen LogP contribution in [0.1, 0.15) is 47.2 Å². The Hall–Kier alpha value is -3.32. The second-order valence-corrected chi connectivity index (χ2v) is 8.56. The van der Waals surface area contributed by atoms with Crippen molar-refractivity contribution in [2.75, 3.05) is 5.32 Å². The van der Waals surface area contributed by atoms with Crippen LogP contribution in [-0.4, -0.2) is 28.1 Å². The number of anilines is 1. The number of aliphatic hydroxyl groups is 1. The van der Waals surface area contributed by atoms with Crippen molar-refractivity contribution in [1.82, 2.24) is 10.3 Å². The fraction of sp³-hybridized carbons (Fsp3) is 0.308. The highest BCUT2D eigenvalue weighted by Crippen LogP contribution is 2.24. The first-order valence-corrected chi connectivity index (χ1v) is 11.1. The van der Waals surface area contributed by atoms with E-state index in [-0.39, 0.29) is 11.9 Å². The normalized spacial score (nSPS) is 18.1. The fourth-order valence-electron chi connectivity index (χ4n) is 4.14. The number of aliphatic hydroxyl groups excluding tert-OH is 1. The number of aryl methyl sites for hydroxylation is 1. The molecule has 0 radical (unpaired) electrons. The van der Waals surface area contributed by atoms with Crippen molar-refractivity contribution in [3.63, 3.8) is 0 Å². The molecule has 33 heavy (non-hydrogen) atoms. The fourth-order valence-corrected chi connectivity index (χ4v) is 4.14. The molecule has 2 atom stereocenters. The number of nitrogens with zero attached hydrogens (tertiary/aromatic N) is 1. The molecule has 7 heteroatoms. The van der Waals surface area contributed by atoms with E-state index in [1.165, 1.54) is 12.1 Å². The van der Waals surface area contributed by atoms with Crippen molar-refractivity contribution in [2.24, 2.45) is 0 Å². The Morgan fingerprint density at radius 1 is 1.03 bits per heavy atom. The van der Waals surface area contributed by atoms with E-state index in [4.69, 9.17) is 0 Å². The topological polar surface area (TPSA) is 74.2 Å². The maximum atomic E-state index is 13.6. The highest BCUT2D eigenvalue weighted by molar-refractivity contribution is 5.95. The molecule has 2 aromatic carbocycles. The van der Waals surface area contributed by atoms with Crippen molar-refractivity contribution in [3.8, 4) is 11.1 Å². The summed E-state index contributed by atoms with van der Waals surface area (Å²) < 4.78 is 27.2. The van der Waals surface area contributed by atoms with Gasteiger partial charge in [-0.15, -0.1) is 0 Å². The number of pyridine rings is 1. The van der Waals surface area contributed by atoms with E-state index in [1.54, 1.807) is 24.5 Å². The molecule has 1 heterocycles. The number of benzene rings is 2. The zero-order valence-corrected chi connectivity index (χ0v) is 18.4. The van der Waals surface area contributed by atoms with Crippen molar-refractivity contribution in [1.29, 1.82) is 0 Å². The molecule has 4 rings (SSSR count). The van der Waals surface area contributed by atoms with E-state index in [1.807, 2.05) is 19.1 Å². The van der Waals surface area contributed by atoms with Crippen LogP contribution in [0.5, 0.6) is 0 Å². The zero-order chi connectivity index (χ0) is 23.4. The first-order valence-electron chi connectivity index (χ1n) is 11.1. The molecule has 1 aromatic heterocycles. The Labute approximate surface area is 191 Å². The highest BCUT2D eigenvalue weighted by Gasteiger charge is 2.25. The molecular weight excluding hydrogens is 424 g/mol. The minimum absolute atomic E-state index is 0.208. The molecule has 1 saturated carbocycles. The van der Waals surface area contributed by atoms with E-state index in [0.717, 1.165) is 42.1 Å². The molecule has 172 valence electrons. The van der Waals surface area contributed by atoms with Gasteiger partial charge in [0.05, 0.1) is 12.1 Å². The summed E-state index contributed by atoms with van der Waals surface area (Å²) >= 11 is 0. The predicted octanol–water partition coefficient (Wildman–Crippen LogP) is 4.98. The molecule has 1 amide bonds. The van der Waals surface area contributed by atoms with E-state index in [0.29, 0.717) is 29.7 Å². The van der Waals surface area contributed by atoms with Gasteiger partial charge in [-0.05, 0) is 66.8 Å². The summed E-state index contributed by atoms with van der Waals surface area (Å²) in [4.78, 5) is 16.9. The molecule has 0 saturated heterocycles. The highest BCUT2D eigenvalue weighted by atomic mass is 19.1. The largest absolute Gasteiger partial charge is 0.391 e. The molecule has 1 aliphatic rings. The van der Waals surface area contributed by atoms with Crippen LogP contribution in [0.25, 0.3) is 11.1 Å². The lowest BCUT2D eigenvalue weighted by Gasteiger charge is -2.28. The van der Waals surface area contributed by atoms with Crippen molar-refractivity contribution >= 4 is 11.6 Å². The standard InChI is InChI=1S/C26H27F2N3O2/c1-16-6-7-18(26(33)31-23-4-2-3-5-25(23)32)11-24(16)30-14-17-8-20(15-29-13-17)19-9-21(27)12-22(28)10-19/h6-13,15,23,25,30,32H,2-5,14H2,1H3,(H,31,33)/t23-,25-/m0/s1. The van der Waals surface area contributed by atoms with Gasteiger partial charge in [0.25, 0.3) is 5.91 Å². The Kier molecular flexibility index (Phi) is 6.99. The average Bonchev–Trinajstić information content (AvgIpc) is 2.79. The van der Waals surface area contributed by atoms with Gasteiger partial charge in [0, 0.05) is 41.8 Å². The second kappa shape index (κ2) is 10.1. The Bertz CT molecular complexity index is 1130. The van der Waals surface area contributed by atoms with Crippen LogP contribution >= 0.6 is 0 Å². The quantitative estimate of drug-likeness (QED) is 0.494. The summed E-state index contributed by atoms with van der Waals surface area (Å²) in [7, 11) is 0. The number of nitrogens with one attached hydrogen (secondary N) is 2. The molecule has 3 aromatic rings. The van der Waals surface area contributed by atoms with Crippen molar-refractivity contribution in [2.45, 2.75) is 51.3 Å². The van der Waals surface area contributed by atoms with Gasteiger partial charge in [0.1, 0.15) is 11.6 Å². The lowest BCUT2D eigenvalue weighted by molar-refractivity contribution is 0.0717. The monoisotopic (exact) mass is 451 g/mol. The number of carbonyl (C=O) groups excluding carboxylic acids is 1. The predicted molar refractivity (Wildman–Crippen MR) is 124 cm³/mol. The summed E-state index contributed by atoms with van der Waals surface area (Å²) in [5, 5.41) is 16.4. The van der Waals surface area contributed by atoms with Crippen LogP contribution in [0.4, 0.5) is 14.5 Å². The Balaban J connectivity index is 1.46. The van der Waals surface area contributed by atoms with E-state index < -0.39 is 17.7 Å². The third kappa shape index (κ3) is 5.73. The summed E-state index contributed by atoms with van der Waals surface area (Å²) in [6, 6.07) is 10.4.